The van der Waals surface area contributed by atoms with Gasteiger partial charge in [0.2, 0.25) is 5.91 Å². The molecule has 0 unspecified atom stereocenters. The van der Waals surface area contributed by atoms with Crippen molar-refractivity contribution in [1.82, 2.24) is 4.98 Å². The molecule has 2 aromatic rings. The first-order valence-electron chi connectivity index (χ1n) is 6.28. The molecule has 0 atom stereocenters. The first-order valence-corrected chi connectivity index (χ1v) is 6.65. The van der Waals surface area contributed by atoms with Crippen molar-refractivity contribution in [2.75, 3.05) is 5.32 Å². The molecule has 0 aliphatic heterocycles. The molecule has 0 aliphatic carbocycles. The highest BCUT2D eigenvalue weighted by Crippen LogP contribution is 2.17. The van der Waals surface area contributed by atoms with Crippen LogP contribution in [0.1, 0.15) is 22.3 Å². The monoisotopic (exact) mass is 304 g/mol. The van der Waals surface area contributed by atoms with Gasteiger partial charge in [0.05, 0.1) is 17.4 Å². The third-order valence-electron chi connectivity index (χ3n) is 2.85. The van der Waals surface area contributed by atoms with E-state index in [1.54, 1.807) is 6.07 Å². The molecule has 2 N–H and O–H groups in total. The normalized spacial score (nSPS) is 10.1. The summed E-state index contributed by atoms with van der Waals surface area (Å²) in [4.78, 5) is 26.4. The van der Waals surface area contributed by atoms with Gasteiger partial charge < -0.3 is 10.4 Å². The third-order valence-corrected chi connectivity index (χ3v) is 3.22. The van der Waals surface area contributed by atoms with E-state index in [0.29, 0.717) is 17.1 Å². The Morgan fingerprint density at radius 3 is 2.71 bits per heavy atom. The molecule has 108 valence electrons. The molecule has 1 aromatic heterocycles. The summed E-state index contributed by atoms with van der Waals surface area (Å²) in [5.41, 5.74) is 1.28. The molecule has 1 aromatic carbocycles. The highest BCUT2D eigenvalue weighted by Gasteiger charge is 2.08. The van der Waals surface area contributed by atoms with Gasteiger partial charge in [-0.25, -0.2) is 4.79 Å². The highest BCUT2D eigenvalue weighted by molar-refractivity contribution is 6.31. The van der Waals surface area contributed by atoms with E-state index in [-0.39, 0.29) is 17.9 Å². The lowest BCUT2D eigenvalue weighted by Crippen LogP contribution is -2.13. The van der Waals surface area contributed by atoms with Gasteiger partial charge in [-0.1, -0.05) is 29.8 Å². The van der Waals surface area contributed by atoms with Crippen molar-refractivity contribution < 1.29 is 14.7 Å². The van der Waals surface area contributed by atoms with Gasteiger partial charge in [0, 0.05) is 17.6 Å². The average Bonchev–Trinajstić information content (AvgIpc) is 2.46. The first kappa shape index (κ1) is 15.0. The number of carbonyl (C=O) groups is 2. The van der Waals surface area contributed by atoms with E-state index < -0.39 is 5.97 Å². The number of hydrogen-bond donors (Lipinski definition) is 2. The maximum Gasteiger partial charge on any atom is 0.337 e. The Morgan fingerprint density at radius 2 is 2.00 bits per heavy atom. The number of benzene rings is 1. The van der Waals surface area contributed by atoms with Crippen molar-refractivity contribution in [2.24, 2.45) is 0 Å². The SMILES string of the molecule is O=C(CCc1ccccc1Cl)Nc1cncc(C(=O)O)c1. The van der Waals surface area contributed by atoms with E-state index in [1.807, 2.05) is 18.2 Å². The number of aryl methyl sites for hydroxylation is 1. The molecule has 0 spiro atoms. The topological polar surface area (TPSA) is 79.3 Å². The number of carboxylic acids is 1. The second-order valence-corrected chi connectivity index (χ2v) is 4.81. The Morgan fingerprint density at radius 1 is 1.24 bits per heavy atom. The van der Waals surface area contributed by atoms with E-state index in [4.69, 9.17) is 16.7 Å². The van der Waals surface area contributed by atoms with Crippen molar-refractivity contribution in [1.29, 1.82) is 0 Å². The number of rotatable bonds is 5. The number of hydrogen-bond acceptors (Lipinski definition) is 3. The van der Waals surface area contributed by atoms with Crippen LogP contribution in [0.25, 0.3) is 0 Å². The zero-order valence-corrected chi connectivity index (χ0v) is 11.8. The fourth-order valence-electron chi connectivity index (χ4n) is 1.80. The molecule has 0 radical (unpaired) electrons. The molecule has 0 fully saturated rings. The molecule has 21 heavy (non-hydrogen) atoms. The Balaban J connectivity index is 1.95. The van der Waals surface area contributed by atoms with E-state index in [1.165, 1.54) is 18.5 Å². The quantitative estimate of drug-likeness (QED) is 0.890. The van der Waals surface area contributed by atoms with Gasteiger partial charge in [-0.3, -0.25) is 9.78 Å². The molecule has 1 amide bonds. The average molecular weight is 305 g/mol. The fraction of sp³-hybridized carbons (Fsp3) is 0.133. The van der Waals surface area contributed by atoms with Crippen molar-refractivity contribution >= 4 is 29.2 Å². The summed E-state index contributed by atoms with van der Waals surface area (Å²) in [7, 11) is 0. The number of nitrogens with zero attached hydrogens (tertiary/aromatic N) is 1. The van der Waals surface area contributed by atoms with Crippen LogP contribution < -0.4 is 5.32 Å². The predicted molar refractivity (Wildman–Crippen MR) is 79.6 cm³/mol. The lowest BCUT2D eigenvalue weighted by Gasteiger charge is -2.06. The Kier molecular flexibility index (Phi) is 4.90. The maximum absolute atomic E-state index is 11.8. The van der Waals surface area contributed by atoms with Gasteiger partial charge in [-0.2, -0.15) is 0 Å². The minimum absolute atomic E-state index is 0.0268. The minimum Gasteiger partial charge on any atom is -0.478 e. The number of pyridine rings is 1. The molecule has 2 rings (SSSR count). The van der Waals surface area contributed by atoms with Crippen LogP contribution >= 0.6 is 11.6 Å². The molecular formula is C15H13ClN2O3. The fourth-order valence-corrected chi connectivity index (χ4v) is 2.03. The van der Waals surface area contributed by atoms with E-state index in [2.05, 4.69) is 10.3 Å². The van der Waals surface area contributed by atoms with Crippen molar-refractivity contribution in [3.63, 3.8) is 0 Å². The largest absolute Gasteiger partial charge is 0.478 e. The number of aromatic carboxylic acids is 1. The second kappa shape index (κ2) is 6.85. The van der Waals surface area contributed by atoms with Gasteiger partial charge in [0.15, 0.2) is 0 Å². The molecule has 5 nitrogen and oxygen atoms in total. The molecule has 0 aliphatic rings. The number of anilines is 1. The summed E-state index contributed by atoms with van der Waals surface area (Å²) < 4.78 is 0. The summed E-state index contributed by atoms with van der Waals surface area (Å²) in [5, 5.41) is 12.1. The summed E-state index contributed by atoms with van der Waals surface area (Å²) in [5.74, 6) is -1.31. The van der Waals surface area contributed by atoms with Crippen LogP contribution in [0.5, 0.6) is 0 Å². The van der Waals surface area contributed by atoms with Crippen LogP contribution in [0.15, 0.2) is 42.7 Å². The summed E-state index contributed by atoms with van der Waals surface area (Å²) in [6.45, 7) is 0. The van der Waals surface area contributed by atoms with Gasteiger partial charge in [0.1, 0.15) is 0 Å². The van der Waals surface area contributed by atoms with Gasteiger partial charge in [-0.05, 0) is 24.1 Å². The highest BCUT2D eigenvalue weighted by atomic mass is 35.5. The summed E-state index contributed by atoms with van der Waals surface area (Å²) in [6.07, 6.45) is 3.39. The lowest BCUT2D eigenvalue weighted by atomic mass is 10.1. The maximum atomic E-state index is 11.8. The third kappa shape index (κ3) is 4.29. The second-order valence-electron chi connectivity index (χ2n) is 4.41. The Bertz CT molecular complexity index is 673. The molecular weight excluding hydrogens is 292 g/mol. The lowest BCUT2D eigenvalue weighted by molar-refractivity contribution is -0.116. The Labute approximate surface area is 126 Å². The number of nitrogens with one attached hydrogen (secondary N) is 1. The zero-order valence-electron chi connectivity index (χ0n) is 11.0. The van der Waals surface area contributed by atoms with E-state index >= 15 is 0 Å². The van der Waals surface area contributed by atoms with E-state index in [9.17, 15) is 9.59 Å². The van der Waals surface area contributed by atoms with Gasteiger partial charge in [-0.15, -0.1) is 0 Å². The number of carboxylic acid groups (broad SMARTS) is 1. The van der Waals surface area contributed by atoms with Crippen LogP contribution in [0.3, 0.4) is 0 Å². The van der Waals surface area contributed by atoms with Crippen LogP contribution in [-0.2, 0) is 11.2 Å². The number of amides is 1. The first-order chi connectivity index (χ1) is 10.1. The standard InChI is InChI=1S/C15H13ClN2O3/c16-13-4-2-1-3-10(13)5-6-14(19)18-12-7-11(15(20)21)8-17-9-12/h1-4,7-9H,5-6H2,(H,18,19)(H,20,21). The Hall–Kier alpha value is -2.40. The van der Waals surface area contributed by atoms with E-state index in [0.717, 1.165) is 5.56 Å². The van der Waals surface area contributed by atoms with Crippen molar-refractivity contribution in [2.45, 2.75) is 12.8 Å². The molecule has 1 heterocycles. The number of aromatic nitrogens is 1. The van der Waals surface area contributed by atoms with Crippen molar-refractivity contribution in [3.8, 4) is 0 Å². The molecule has 0 bridgehead atoms. The smallest absolute Gasteiger partial charge is 0.337 e. The number of carbonyl (C=O) groups excluding carboxylic acids is 1. The van der Waals surface area contributed by atoms with Crippen LogP contribution in [-0.4, -0.2) is 22.0 Å². The summed E-state index contributed by atoms with van der Waals surface area (Å²) in [6, 6.07) is 8.69. The summed E-state index contributed by atoms with van der Waals surface area (Å²) >= 11 is 6.02. The van der Waals surface area contributed by atoms with Crippen molar-refractivity contribution in [3.05, 3.63) is 58.9 Å². The molecule has 0 saturated heterocycles. The van der Waals surface area contributed by atoms with Gasteiger partial charge >= 0.3 is 5.97 Å². The molecule has 0 saturated carbocycles. The van der Waals surface area contributed by atoms with Crippen LogP contribution in [0.4, 0.5) is 5.69 Å². The predicted octanol–water partition coefficient (Wildman–Crippen LogP) is 3.00. The zero-order chi connectivity index (χ0) is 15.2. The van der Waals surface area contributed by atoms with Gasteiger partial charge in [0.25, 0.3) is 0 Å². The number of halogens is 1. The molecule has 6 heteroatoms. The van der Waals surface area contributed by atoms with Crippen LogP contribution in [0.2, 0.25) is 5.02 Å². The minimum atomic E-state index is -1.09. The van der Waals surface area contributed by atoms with Crippen LogP contribution in [0, 0.1) is 0 Å².